The number of ketones is 1. The first-order chi connectivity index (χ1) is 14.6. The van der Waals surface area contributed by atoms with Crippen LogP contribution in [0.5, 0.6) is 0 Å². The third-order valence-electron chi connectivity index (χ3n) is 6.05. The number of benzene rings is 1. The Kier molecular flexibility index (Phi) is 15.0. The summed E-state index contributed by atoms with van der Waals surface area (Å²) in [6, 6.07) is 7.39. The number of hydrogen-bond acceptors (Lipinski definition) is 3. The second kappa shape index (κ2) is 17.1. The molecule has 1 aromatic rings. The molecule has 0 N–H and O–H groups in total. The van der Waals surface area contributed by atoms with Gasteiger partial charge in [-0.3, -0.25) is 9.59 Å². The number of rotatable bonds is 18. The van der Waals surface area contributed by atoms with E-state index in [1.807, 2.05) is 12.1 Å². The van der Waals surface area contributed by atoms with Gasteiger partial charge in [0.2, 0.25) is 0 Å². The van der Waals surface area contributed by atoms with Crippen LogP contribution >= 0.6 is 0 Å². The average molecular weight is 417 g/mol. The molecule has 1 rings (SSSR count). The standard InChI is InChI=1S/C27H44O3/c1-4-5-6-7-8-9-10-11-12-13-14-15-16-17-18-26(27(29)30-3)25-21-19-24(20-22-25)23(2)28/h19-22,26H,4-18H2,1-3H3. The second-order valence-electron chi connectivity index (χ2n) is 8.64. The van der Waals surface area contributed by atoms with Crippen molar-refractivity contribution in [3.63, 3.8) is 0 Å². The zero-order valence-electron chi connectivity index (χ0n) is 19.7. The van der Waals surface area contributed by atoms with Crippen molar-refractivity contribution in [2.75, 3.05) is 7.11 Å². The molecule has 0 aliphatic carbocycles. The molecule has 0 fully saturated rings. The van der Waals surface area contributed by atoms with Crippen molar-refractivity contribution in [2.45, 2.75) is 116 Å². The number of ether oxygens (including phenoxy) is 1. The fourth-order valence-corrected chi connectivity index (χ4v) is 4.06. The van der Waals surface area contributed by atoms with Gasteiger partial charge in [0.15, 0.2) is 5.78 Å². The number of unbranched alkanes of at least 4 members (excludes halogenated alkanes) is 13. The van der Waals surface area contributed by atoms with E-state index in [9.17, 15) is 9.59 Å². The number of methoxy groups -OCH3 is 1. The average Bonchev–Trinajstić information content (AvgIpc) is 2.76. The number of esters is 1. The maximum Gasteiger partial charge on any atom is 0.313 e. The SMILES string of the molecule is CCCCCCCCCCCCCCCCC(C(=O)OC)c1ccc(C(C)=O)cc1. The van der Waals surface area contributed by atoms with Crippen LogP contribution in [0.3, 0.4) is 0 Å². The van der Waals surface area contributed by atoms with Gasteiger partial charge in [0.05, 0.1) is 13.0 Å². The quantitative estimate of drug-likeness (QED) is 0.138. The van der Waals surface area contributed by atoms with Crippen molar-refractivity contribution in [2.24, 2.45) is 0 Å². The molecule has 0 radical (unpaired) electrons. The van der Waals surface area contributed by atoms with Gasteiger partial charge in [-0.1, -0.05) is 121 Å². The summed E-state index contributed by atoms with van der Waals surface area (Å²) in [5.41, 5.74) is 1.63. The molecule has 1 atom stereocenters. The van der Waals surface area contributed by atoms with Crippen LogP contribution in [0.15, 0.2) is 24.3 Å². The highest BCUT2D eigenvalue weighted by Crippen LogP contribution is 2.25. The highest BCUT2D eigenvalue weighted by Gasteiger charge is 2.21. The van der Waals surface area contributed by atoms with Crippen LogP contribution in [0.25, 0.3) is 0 Å². The van der Waals surface area contributed by atoms with E-state index in [1.165, 1.54) is 84.2 Å². The lowest BCUT2D eigenvalue weighted by atomic mass is 9.92. The molecular weight excluding hydrogens is 372 g/mol. The zero-order valence-corrected chi connectivity index (χ0v) is 19.7. The van der Waals surface area contributed by atoms with Gasteiger partial charge in [0, 0.05) is 5.56 Å². The Hall–Kier alpha value is -1.64. The summed E-state index contributed by atoms with van der Waals surface area (Å²) >= 11 is 0. The van der Waals surface area contributed by atoms with Crippen LogP contribution in [0, 0.1) is 0 Å². The van der Waals surface area contributed by atoms with Gasteiger partial charge in [0.25, 0.3) is 0 Å². The Morgan fingerprint density at radius 2 is 1.17 bits per heavy atom. The van der Waals surface area contributed by atoms with Crippen molar-refractivity contribution >= 4 is 11.8 Å². The first-order valence-electron chi connectivity index (χ1n) is 12.3. The van der Waals surface area contributed by atoms with Crippen molar-refractivity contribution in [1.82, 2.24) is 0 Å². The monoisotopic (exact) mass is 416 g/mol. The molecule has 0 aliphatic rings. The Bertz CT molecular complexity index is 576. The van der Waals surface area contributed by atoms with E-state index in [1.54, 1.807) is 19.1 Å². The third kappa shape index (κ3) is 11.5. The number of Topliss-reactive ketones (excluding diaryl/α,β-unsaturated/α-hetero) is 1. The molecule has 3 heteroatoms. The van der Waals surface area contributed by atoms with E-state index in [2.05, 4.69) is 6.92 Å². The van der Waals surface area contributed by atoms with Crippen LogP contribution in [-0.4, -0.2) is 18.9 Å². The number of hydrogen-bond donors (Lipinski definition) is 0. The fraction of sp³-hybridized carbons (Fsp3) is 0.704. The number of carbonyl (C=O) groups excluding carboxylic acids is 2. The second-order valence-corrected chi connectivity index (χ2v) is 8.64. The Balaban J connectivity index is 2.14. The van der Waals surface area contributed by atoms with E-state index < -0.39 is 0 Å². The summed E-state index contributed by atoms with van der Waals surface area (Å²) in [5.74, 6) is -0.364. The summed E-state index contributed by atoms with van der Waals surface area (Å²) in [4.78, 5) is 23.7. The van der Waals surface area contributed by atoms with E-state index in [0.717, 1.165) is 24.8 Å². The first kappa shape index (κ1) is 26.4. The molecule has 0 amide bonds. The number of carbonyl (C=O) groups is 2. The molecule has 3 nitrogen and oxygen atoms in total. The molecule has 0 aliphatic heterocycles. The van der Waals surface area contributed by atoms with Gasteiger partial charge < -0.3 is 4.74 Å². The lowest BCUT2D eigenvalue weighted by Gasteiger charge is -2.15. The molecule has 1 aromatic carbocycles. The van der Waals surface area contributed by atoms with Gasteiger partial charge in [-0.15, -0.1) is 0 Å². The molecule has 0 heterocycles. The van der Waals surface area contributed by atoms with E-state index in [0.29, 0.717) is 5.56 Å². The lowest BCUT2D eigenvalue weighted by Crippen LogP contribution is -2.14. The summed E-state index contributed by atoms with van der Waals surface area (Å²) < 4.78 is 5.01. The van der Waals surface area contributed by atoms with E-state index in [4.69, 9.17) is 4.74 Å². The minimum atomic E-state index is -0.228. The van der Waals surface area contributed by atoms with Crippen molar-refractivity contribution in [1.29, 1.82) is 0 Å². The zero-order chi connectivity index (χ0) is 22.0. The van der Waals surface area contributed by atoms with Crippen molar-refractivity contribution in [3.8, 4) is 0 Å². The van der Waals surface area contributed by atoms with Gasteiger partial charge in [-0.05, 0) is 18.9 Å². The normalized spacial score (nSPS) is 12.0. The summed E-state index contributed by atoms with van der Waals surface area (Å²) in [5, 5.41) is 0. The molecule has 0 spiro atoms. The Labute approximate surface area is 185 Å². The molecule has 170 valence electrons. The molecule has 1 unspecified atom stereocenters. The first-order valence-corrected chi connectivity index (χ1v) is 12.3. The molecule has 0 aromatic heterocycles. The highest BCUT2D eigenvalue weighted by atomic mass is 16.5. The maximum absolute atomic E-state index is 12.2. The maximum atomic E-state index is 12.2. The van der Waals surface area contributed by atoms with Crippen LogP contribution in [0.4, 0.5) is 0 Å². The predicted molar refractivity (Wildman–Crippen MR) is 126 cm³/mol. The minimum Gasteiger partial charge on any atom is -0.469 e. The smallest absolute Gasteiger partial charge is 0.313 e. The van der Waals surface area contributed by atoms with Crippen LogP contribution in [-0.2, 0) is 9.53 Å². The van der Waals surface area contributed by atoms with Crippen molar-refractivity contribution in [3.05, 3.63) is 35.4 Å². The summed E-state index contributed by atoms with van der Waals surface area (Å²) in [6.07, 6.45) is 19.4. The van der Waals surface area contributed by atoms with Crippen LogP contribution in [0.2, 0.25) is 0 Å². The van der Waals surface area contributed by atoms with Gasteiger partial charge >= 0.3 is 5.97 Å². The largest absolute Gasteiger partial charge is 0.469 e. The molecule has 0 bridgehead atoms. The van der Waals surface area contributed by atoms with Crippen LogP contribution in [0.1, 0.15) is 132 Å². The Morgan fingerprint density at radius 1 is 0.733 bits per heavy atom. The van der Waals surface area contributed by atoms with E-state index >= 15 is 0 Å². The molecule has 30 heavy (non-hydrogen) atoms. The Morgan fingerprint density at radius 3 is 1.57 bits per heavy atom. The van der Waals surface area contributed by atoms with Gasteiger partial charge in [0.1, 0.15) is 0 Å². The minimum absolute atomic E-state index is 0.0446. The fourth-order valence-electron chi connectivity index (χ4n) is 4.06. The topological polar surface area (TPSA) is 43.4 Å². The summed E-state index contributed by atoms with van der Waals surface area (Å²) in [7, 11) is 1.45. The van der Waals surface area contributed by atoms with Gasteiger partial charge in [-0.25, -0.2) is 0 Å². The van der Waals surface area contributed by atoms with Crippen molar-refractivity contribution < 1.29 is 14.3 Å². The predicted octanol–water partition coefficient (Wildman–Crippen LogP) is 8.02. The lowest BCUT2D eigenvalue weighted by molar-refractivity contribution is -0.142. The van der Waals surface area contributed by atoms with Gasteiger partial charge in [-0.2, -0.15) is 0 Å². The molecule has 0 saturated heterocycles. The summed E-state index contributed by atoms with van der Waals surface area (Å²) in [6.45, 7) is 3.83. The highest BCUT2D eigenvalue weighted by molar-refractivity contribution is 5.94. The molecular formula is C27H44O3. The van der Waals surface area contributed by atoms with E-state index in [-0.39, 0.29) is 17.7 Å². The molecule has 0 saturated carbocycles. The third-order valence-corrected chi connectivity index (χ3v) is 6.05. The van der Waals surface area contributed by atoms with Crippen LogP contribution < -0.4 is 0 Å².